The van der Waals surface area contributed by atoms with E-state index in [0.29, 0.717) is 11.8 Å². The average molecular weight is 144 g/mol. The van der Waals surface area contributed by atoms with Crippen LogP contribution in [0.25, 0.3) is 0 Å². The minimum atomic E-state index is 0.628. The summed E-state index contributed by atoms with van der Waals surface area (Å²) in [7, 11) is 0. The van der Waals surface area contributed by atoms with Gasteiger partial charge in [0.15, 0.2) is 0 Å². The Morgan fingerprint density at radius 3 is 2.82 bits per heavy atom. The van der Waals surface area contributed by atoms with Gasteiger partial charge in [-0.25, -0.2) is 0 Å². The van der Waals surface area contributed by atoms with Crippen LogP contribution in [0.1, 0.15) is 13.3 Å². The molecule has 0 N–H and O–H groups in total. The summed E-state index contributed by atoms with van der Waals surface area (Å²) in [6, 6.07) is 0. The van der Waals surface area contributed by atoms with E-state index in [2.05, 4.69) is 37.5 Å². The molecule has 0 amide bonds. The van der Waals surface area contributed by atoms with Gasteiger partial charge in [-0.05, 0) is 18.9 Å². The van der Waals surface area contributed by atoms with Gasteiger partial charge in [-0.15, -0.1) is 5.73 Å². The highest BCUT2D eigenvalue weighted by atomic mass is 14.4. The number of fused-ring (bicyclic) bond motifs is 2. The molecular weight excluding hydrogens is 132 g/mol. The first kappa shape index (κ1) is 6.69. The van der Waals surface area contributed by atoms with Crippen molar-refractivity contribution in [1.82, 2.24) is 0 Å². The van der Waals surface area contributed by atoms with Gasteiger partial charge in [-0.2, -0.15) is 0 Å². The normalized spacial score (nSPS) is 36.8. The molecule has 56 valence electrons. The first-order valence-corrected chi connectivity index (χ1v) is 4.11. The van der Waals surface area contributed by atoms with Crippen molar-refractivity contribution in [2.24, 2.45) is 11.8 Å². The monoisotopic (exact) mass is 144 g/mol. The van der Waals surface area contributed by atoms with Gasteiger partial charge in [0.1, 0.15) is 0 Å². The van der Waals surface area contributed by atoms with Crippen molar-refractivity contribution in [3.63, 3.8) is 0 Å². The van der Waals surface area contributed by atoms with Crippen LogP contribution in [0, 0.1) is 11.8 Å². The first-order chi connectivity index (χ1) is 5.36. The Kier molecular flexibility index (Phi) is 1.37. The molecule has 0 nitrogen and oxygen atoms in total. The lowest BCUT2D eigenvalue weighted by atomic mass is 9.96. The standard InChI is InChI=1S/C11H12/c1-3-10-8-5-6-9(7-8)11(10)4-2/h4-6,8-9H,1,7H2,2H3. The van der Waals surface area contributed by atoms with E-state index >= 15 is 0 Å². The zero-order chi connectivity index (χ0) is 7.84. The third kappa shape index (κ3) is 0.766. The molecule has 1 fully saturated rings. The Bertz CT molecular complexity index is 285. The van der Waals surface area contributed by atoms with Crippen molar-refractivity contribution < 1.29 is 0 Å². The predicted octanol–water partition coefficient (Wildman–Crippen LogP) is 2.85. The second-order valence-corrected chi connectivity index (χ2v) is 3.17. The van der Waals surface area contributed by atoms with E-state index in [1.807, 2.05) is 0 Å². The SMILES string of the molecule is C=C=C1C(=CC)C2C=CC1C2. The van der Waals surface area contributed by atoms with Crippen molar-refractivity contribution in [1.29, 1.82) is 0 Å². The smallest absolute Gasteiger partial charge is 0.0103 e. The molecule has 1 saturated carbocycles. The highest BCUT2D eigenvalue weighted by Crippen LogP contribution is 2.46. The van der Waals surface area contributed by atoms with E-state index in [-0.39, 0.29) is 0 Å². The maximum absolute atomic E-state index is 3.72. The molecule has 0 heteroatoms. The maximum atomic E-state index is 3.72. The summed E-state index contributed by atoms with van der Waals surface area (Å²) in [5.41, 5.74) is 5.83. The molecule has 11 heavy (non-hydrogen) atoms. The third-order valence-electron chi connectivity index (χ3n) is 2.67. The predicted molar refractivity (Wildman–Crippen MR) is 47.1 cm³/mol. The van der Waals surface area contributed by atoms with E-state index in [0.717, 1.165) is 0 Å². The Morgan fingerprint density at radius 2 is 2.27 bits per heavy atom. The van der Waals surface area contributed by atoms with Crippen LogP contribution in [0.15, 0.2) is 41.7 Å². The Hall–Kier alpha value is -1.00. The second-order valence-electron chi connectivity index (χ2n) is 3.17. The molecular formula is C11H12. The van der Waals surface area contributed by atoms with Crippen LogP contribution in [0.4, 0.5) is 0 Å². The lowest BCUT2D eigenvalue weighted by Crippen LogP contribution is -1.95. The van der Waals surface area contributed by atoms with Gasteiger partial charge in [0.25, 0.3) is 0 Å². The first-order valence-electron chi connectivity index (χ1n) is 4.11. The summed E-state index contributed by atoms with van der Waals surface area (Å²) in [5.74, 6) is 1.30. The number of hydrogen-bond donors (Lipinski definition) is 0. The van der Waals surface area contributed by atoms with Crippen molar-refractivity contribution in [2.75, 3.05) is 0 Å². The summed E-state index contributed by atoms with van der Waals surface area (Å²) in [6.07, 6.45) is 8.05. The molecule has 2 aliphatic carbocycles. The molecule has 0 aliphatic heterocycles. The van der Waals surface area contributed by atoms with Crippen LogP contribution in [0.5, 0.6) is 0 Å². The van der Waals surface area contributed by atoms with Gasteiger partial charge in [-0.3, -0.25) is 0 Å². The number of hydrogen-bond acceptors (Lipinski definition) is 0. The molecule has 0 heterocycles. The number of rotatable bonds is 0. The molecule has 0 aromatic carbocycles. The molecule has 0 spiro atoms. The summed E-state index contributed by atoms with van der Waals surface area (Å²) < 4.78 is 0. The molecule has 0 saturated heterocycles. The lowest BCUT2D eigenvalue weighted by molar-refractivity contribution is 0.736. The van der Waals surface area contributed by atoms with Gasteiger partial charge in [-0.1, -0.05) is 24.8 Å². The highest BCUT2D eigenvalue weighted by Gasteiger charge is 2.34. The Balaban J connectivity index is 2.52. The molecule has 2 unspecified atom stereocenters. The van der Waals surface area contributed by atoms with Gasteiger partial charge in [0.05, 0.1) is 0 Å². The van der Waals surface area contributed by atoms with Gasteiger partial charge < -0.3 is 0 Å². The summed E-state index contributed by atoms with van der Waals surface area (Å²) in [6.45, 7) is 5.82. The summed E-state index contributed by atoms with van der Waals surface area (Å²) in [5, 5.41) is 0. The summed E-state index contributed by atoms with van der Waals surface area (Å²) >= 11 is 0. The maximum Gasteiger partial charge on any atom is 0.0103 e. The van der Waals surface area contributed by atoms with Crippen LogP contribution in [0.2, 0.25) is 0 Å². The molecule has 0 aromatic heterocycles. The zero-order valence-electron chi connectivity index (χ0n) is 6.80. The number of allylic oxidation sites excluding steroid dienone is 5. The molecule has 2 bridgehead atoms. The fraction of sp³-hybridized carbons (Fsp3) is 0.364. The van der Waals surface area contributed by atoms with Crippen molar-refractivity contribution in [3.8, 4) is 0 Å². The van der Waals surface area contributed by atoms with E-state index in [1.54, 1.807) is 0 Å². The molecule has 2 aliphatic rings. The minimum absolute atomic E-state index is 0.628. The Morgan fingerprint density at radius 1 is 1.55 bits per heavy atom. The van der Waals surface area contributed by atoms with Crippen LogP contribution >= 0.6 is 0 Å². The minimum Gasteiger partial charge on any atom is -0.124 e. The van der Waals surface area contributed by atoms with Gasteiger partial charge >= 0.3 is 0 Å². The van der Waals surface area contributed by atoms with Crippen LogP contribution in [-0.2, 0) is 0 Å². The largest absolute Gasteiger partial charge is 0.124 e. The van der Waals surface area contributed by atoms with Crippen molar-refractivity contribution >= 4 is 0 Å². The molecule has 2 rings (SSSR count). The van der Waals surface area contributed by atoms with E-state index in [4.69, 9.17) is 0 Å². The van der Waals surface area contributed by atoms with Crippen molar-refractivity contribution in [2.45, 2.75) is 13.3 Å². The second kappa shape index (κ2) is 2.25. The Labute approximate surface area is 67.6 Å². The van der Waals surface area contributed by atoms with Crippen LogP contribution in [-0.4, -0.2) is 0 Å². The topological polar surface area (TPSA) is 0 Å². The molecule has 0 aromatic rings. The lowest BCUT2D eigenvalue weighted by Gasteiger charge is -2.08. The fourth-order valence-electron chi connectivity index (χ4n) is 2.16. The molecule has 0 radical (unpaired) electrons. The van der Waals surface area contributed by atoms with E-state index < -0.39 is 0 Å². The molecule has 2 atom stereocenters. The zero-order valence-corrected chi connectivity index (χ0v) is 6.80. The average Bonchev–Trinajstić information content (AvgIpc) is 2.60. The third-order valence-corrected chi connectivity index (χ3v) is 2.67. The van der Waals surface area contributed by atoms with E-state index in [1.165, 1.54) is 17.6 Å². The summed E-state index contributed by atoms with van der Waals surface area (Å²) in [4.78, 5) is 0. The highest BCUT2D eigenvalue weighted by molar-refractivity contribution is 5.47. The van der Waals surface area contributed by atoms with E-state index in [9.17, 15) is 0 Å². The van der Waals surface area contributed by atoms with Gasteiger partial charge in [0.2, 0.25) is 0 Å². The van der Waals surface area contributed by atoms with Crippen LogP contribution < -0.4 is 0 Å². The fourth-order valence-corrected chi connectivity index (χ4v) is 2.16. The quantitative estimate of drug-likeness (QED) is 0.362. The van der Waals surface area contributed by atoms with Crippen molar-refractivity contribution in [3.05, 3.63) is 41.7 Å². The van der Waals surface area contributed by atoms with Gasteiger partial charge in [0, 0.05) is 17.4 Å². The van der Waals surface area contributed by atoms with Crippen LogP contribution in [0.3, 0.4) is 0 Å².